The highest BCUT2D eigenvalue weighted by Gasteiger charge is 2.27. The minimum atomic E-state index is -0.313. The molecule has 9 heteroatoms. The Morgan fingerprint density at radius 1 is 1.09 bits per heavy atom. The smallest absolute Gasteiger partial charge is 0.224 e. The number of nitrogens with two attached hydrogens (primary N) is 1. The minimum Gasteiger partial charge on any atom is -0.396 e. The monoisotopic (exact) mass is 467 g/mol. The summed E-state index contributed by atoms with van der Waals surface area (Å²) in [5.74, 6) is 1.19. The van der Waals surface area contributed by atoms with E-state index in [-0.39, 0.29) is 24.5 Å². The van der Waals surface area contributed by atoms with Crippen molar-refractivity contribution >= 4 is 28.7 Å². The molecule has 2 aliphatic carbocycles. The molecule has 2 fully saturated rings. The molecule has 2 aromatic heterocycles. The van der Waals surface area contributed by atoms with E-state index in [0.717, 1.165) is 62.6 Å². The summed E-state index contributed by atoms with van der Waals surface area (Å²) in [6.45, 7) is 2.10. The first-order valence-electron chi connectivity index (χ1n) is 12.4. The molecule has 0 radical (unpaired) electrons. The Labute approximate surface area is 199 Å². The molecule has 0 saturated heterocycles. The summed E-state index contributed by atoms with van der Waals surface area (Å²) in [5, 5.41) is 16.3. The number of hydrogen-bond acceptors (Lipinski definition) is 7. The van der Waals surface area contributed by atoms with E-state index >= 15 is 0 Å². The quantitative estimate of drug-likeness (QED) is 0.424. The van der Waals surface area contributed by atoms with Gasteiger partial charge in [0, 0.05) is 24.7 Å². The summed E-state index contributed by atoms with van der Waals surface area (Å²) >= 11 is 0. The predicted molar refractivity (Wildman–Crippen MR) is 132 cm³/mol. The van der Waals surface area contributed by atoms with Crippen LogP contribution in [-0.4, -0.2) is 43.3 Å². The number of aliphatic hydroxyl groups is 1. The van der Waals surface area contributed by atoms with Crippen molar-refractivity contribution in [2.45, 2.75) is 76.4 Å². The average Bonchev–Trinajstić information content (AvgIpc) is 3.20. The van der Waals surface area contributed by atoms with Gasteiger partial charge in [-0.25, -0.2) is 14.4 Å². The number of benzene rings is 1. The number of aryl methyl sites for hydroxylation is 1. The maximum Gasteiger partial charge on any atom is 0.224 e. The van der Waals surface area contributed by atoms with E-state index in [0.29, 0.717) is 35.1 Å². The van der Waals surface area contributed by atoms with Crippen LogP contribution in [0.1, 0.15) is 63.0 Å². The SMILES string of the molecule is Cc1cccc(F)c1Nc1nc2cnc(NC3CCC(N)CC3)nc2n1C1CCC(CO)CC1. The van der Waals surface area contributed by atoms with E-state index in [9.17, 15) is 9.50 Å². The Morgan fingerprint density at radius 2 is 1.85 bits per heavy atom. The van der Waals surface area contributed by atoms with Crippen LogP contribution in [-0.2, 0) is 0 Å². The van der Waals surface area contributed by atoms with Crippen LogP contribution in [0.4, 0.5) is 22.0 Å². The highest BCUT2D eigenvalue weighted by Crippen LogP contribution is 2.37. The van der Waals surface area contributed by atoms with Gasteiger partial charge in [-0.3, -0.25) is 4.57 Å². The van der Waals surface area contributed by atoms with Crippen molar-refractivity contribution < 1.29 is 9.50 Å². The molecule has 34 heavy (non-hydrogen) atoms. The summed E-state index contributed by atoms with van der Waals surface area (Å²) in [5.41, 5.74) is 8.71. The number of imidazole rings is 1. The summed E-state index contributed by atoms with van der Waals surface area (Å²) in [4.78, 5) is 14.2. The van der Waals surface area contributed by atoms with Gasteiger partial charge in [0.15, 0.2) is 5.65 Å². The zero-order chi connectivity index (χ0) is 23.7. The lowest BCUT2D eigenvalue weighted by Crippen LogP contribution is -2.33. The lowest BCUT2D eigenvalue weighted by atomic mass is 9.86. The maximum absolute atomic E-state index is 14.6. The second kappa shape index (κ2) is 9.84. The number of nitrogens with zero attached hydrogens (tertiary/aromatic N) is 4. The van der Waals surface area contributed by atoms with Gasteiger partial charge in [0.25, 0.3) is 0 Å². The van der Waals surface area contributed by atoms with Gasteiger partial charge in [-0.05, 0) is 75.8 Å². The van der Waals surface area contributed by atoms with Crippen LogP contribution >= 0.6 is 0 Å². The van der Waals surface area contributed by atoms with Crippen LogP contribution in [0.5, 0.6) is 0 Å². The summed E-state index contributed by atoms with van der Waals surface area (Å²) in [6.07, 6.45) is 9.47. The maximum atomic E-state index is 14.6. The summed E-state index contributed by atoms with van der Waals surface area (Å²) in [6, 6.07) is 5.80. The van der Waals surface area contributed by atoms with Crippen LogP contribution in [0.3, 0.4) is 0 Å². The van der Waals surface area contributed by atoms with E-state index in [1.807, 2.05) is 13.0 Å². The normalized spacial score (nSPS) is 25.4. The van der Waals surface area contributed by atoms with Gasteiger partial charge >= 0.3 is 0 Å². The first-order chi connectivity index (χ1) is 16.5. The molecule has 0 aliphatic heterocycles. The zero-order valence-electron chi connectivity index (χ0n) is 19.7. The number of halogens is 1. The van der Waals surface area contributed by atoms with Gasteiger partial charge in [-0.15, -0.1) is 0 Å². The highest BCUT2D eigenvalue weighted by molar-refractivity contribution is 5.77. The number of nitrogens with one attached hydrogen (secondary N) is 2. The Hall–Kier alpha value is -2.78. The van der Waals surface area contributed by atoms with Crippen molar-refractivity contribution in [3.63, 3.8) is 0 Å². The molecule has 0 atom stereocenters. The van der Waals surface area contributed by atoms with Crippen LogP contribution in [0.25, 0.3) is 11.2 Å². The Bertz CT molecular complexity index is 1110. The minimum absolute atomic E-state index is 0.165. The molecular formula is C25H34FN7O. The van der Waals surface area contributed by atoms with Crippen molar-refractivity contribution in [1.82, 2.24) is 19.5 Å². The highest BCUT2D eigenvalue weighted by atomic mass is 19.1. The first-order valence-corrected chi connectivity index (χ1v) is 12.4. The number of aliphatic hydroxyl groups excluding tert-OH is 1. The molecule has 5 N–H and O–H groups in total. The molecule has 1 aromatic carbocycles. The first kappa shape index (κ1) is 23.0. The van der Waals surface area contributed by atoms with Gasteiger partial charge in [0.2, 0.25) is 11.9 Å². The van der Waals surface area contributed by atoms with E-state index < -0.39 is 0 Å². The average molecular weight is 468 g/mol. The van der Waals surface area contributed by atoms with Gasteiger partial charge < -0.3 is 21.5 Å². The van der Waals surface area contributed by atoms with Crippen molar-refractivity contribution in [2.24, 2.45) is 11.7 Å². The van der Waals surface area contributed by atoms with Crippen LogP contribution in [0.15, 0.2) is 24.4 Å². The summed E-state index contributed by atoms with van der Waals surface area (Å²) < 4.78 is 16.8. The van der Waals surface area contributed by atoms with E-state index in [2.05, 4.69) is 20.2 Å². The zero-order valence-corrected chi connectivity index (χ0v) is 19.7. The lowest BCUT2D eigenvalue weighted by molar-refractivity contribution is 0.170. The molecule has 5 rings (SSSR count). The number of para-hydroxylation sites is 1. The number of hydrogen-bond donors (Lipinski definition) is 4. The van der Waals surface area contributed by atoms with E-state index in [4.69, 9.17) is 15.7 Å². The summed E-state index contributed by atoms with van der Waals surface area (Å²) in [7, 11) is 0. The van der Waals surface area contributed by atoms with Crippen molar-refractivity contribution in [3.8, 4) is 0 Å². The Kier molecular flexibility index (Phi) is 6.65. The number of aromatic nitrogens is 4. The second-order valence-corrected chi connectivity index (χ2v) is 9.88. The van der Waals surface area contributed by atoms with E-state index in [1.165, 1.54) is 6.07 Å². The largest absolute Gasteiger partial charge is 0.396 e. The number of fused-ring (bicyclic) bond motifs is 1. The van der Waals surface area contributed by atoms with Gasteiger partial charge in [-0.2, -0.15) is 4.98 Å². The van der Waals surface area contributed by atoms with Crippen LogP contribution < -0.4 is 16.4 Å². The molecular weight excluding hydrogens is 433 g/mol. The lowest BCUT2D eigenvalue weighted by Gasteiger charge is -2.30. The topological polar surface area (TPSA) is 114 Å². The molecule has 0 unspecified atom stereocenters. The third-order valence-electron chi connectivity index (χ3n) is 7.44. The fraction of sp³-hybridized carbons (Fsp3) is 0.560. The van der Waals surface area contributed by atoms with Crippen LogP contribution in [0, 0.1) is 18.7 Å². The Balaban J connectivity index is 1.50. The number of rotatable bonds is 6. The molecule has 3 aromatic rings. The van der Waals surface area contributed by atoms with Crippen molar-refractivity contribution in [2.75, 3.05) is 17.2 Å². The van der Waals surface area contributed by atoms with Gasteiger partial charge in [0.1, 0.15) is 11.3 Å². The molecule has 2 saturated carbocycles. The molecule has 2 heterocycles. The second-order valence-electron chi connectivity index (χ2n) is 9.88. The predicted octanol–water partition coefficient (Wildman–Crippen LogP) is 4.42. The molecule has 8 nitrogen and oxygen atoms in total. The fourth-order valence-electron chi connectivity index (χ4n) is 5.33. The van der Waals surface area contributed by atoms with Gasteiger partial charge in [0.05, 0.1) is 11.9 Å². The molecule has 0 spiro atoms. The van der Waals surface area contributed by atoms with Crippen LogP contribution in [0.2, 0.25) is 0 Å². The third kappa shape index (κ3) is 4.72. The number of anilines is 3. The van der Waals surface area contributed by atoms with Crippen molar-refractivity contribution in [3.05, 3.63) is 35.8 Å². The van der Waals surface area contributed by atoms with Crippen molar-refractivity contribution in [1.29, 1.82) is 0 Å². The van der Waals surface area contributed by atoms with E-state index in [1.54, 1.807) is 12.3 Å². The third-order valence-corrected chi connectivity index (χ3v) is 7.44. The molecule has 0 bridgehead atoms. The fourth-order valence-corrected chi connectivity index (χ4v) is 5.33. The molecule has 0 amide bonds. The standard InChI is InChI=1S/C25H34FN7O/c1-15-3-2-4-20(26)22(15)31-25-30-21-13-28-24(29-18-9-7-17(27)8-10-18)32-23(21)33(25)19-11-5-16(14-34)6-12-19/h2-4,13,16-19,34H,5-12,14,27H2,1H3,(H,30,31)(H,28,29,32). The molecule has 182 valence electrons. The van der Waals surface area contributed by atoms with Gasteiger partial charge in [-0.1, -0.05) is 12.1 Å². The molecule has 2 aliphatic rings. The Morgan fingerprint density at radius 3 is 2.56 bits per heavy atom.